The molecule has 1 heterocycles. The van der Waals surface area contributed by atoms with Crippen molar-refractivity contribution in [1.29, 1.82) is 0 Å². The molecule has 1 atom stereocenters. The molecule has 0 saturated heterocycles. The Morgan fingerprint density at radius 1 is 1.11 bits per heavy atom. The number of hydrogen-bond acceptors (Lipinski definition) is 4. The second-order valence-electron chi connectivity index (χ2n) is 10.2. The van der Waals surface area contributed by atoms with Crippen molar-refractivity contribution >= 4 is 28.9 Å². The molecule has 0 aliphatic carbocycles. The minimum absolute atomic E-state index is 0.162. The smallest absolute Gasteiger partial charge is 0.319 e. The molecule has 0 fully saturated rings. The highest BCUT2D eigenvalue weighted by Gasteiger charge is 2.32. The number of amides is 3. The van der Waals surface area contributed by atoms with Crippen LogP contribution in [0.2, 0.25) is 0 Å². The third-order valence-corrected chi connectivity index (χ3v) is 6.50. The summed E-state index contributed by atoms with van der Waals surface area (Å²) in [6, 6.07) is 20.7. The van der Waals surface area contributed by atoms with E-state index in [9.17, 15) is 9.59 Å². The third kappa shape index (κ3) is 6.17. The van der Waals surface area contributed by atoms with Gasteiger partial charge in [-0.25, -0.2) is 4.79 Å². The zero-order chi connectivity index (χ0) is 27.4. The summed E-state index contributed by atoms with van der Waals surface area (Å²) in [4.78, 5) is 27.6. The van der Waals surface area contributed by atoms with Gasteiger partial charge in [0.2, 0.25) is 0 Å². The lowest BCUT2D eigenvalue weighted by atomic mass is 9.92. The molecule has 0 spiro atoms. The van der Waals surface area contributed by atoms with Crippen LogP contribution in [0, 0.1) is 6.92 Å². The van der Waals surface area contributed by atoms with Crippen molar-refractivity contribution < 1.29 is 19.1 Å². The number of benzene rings is 3. The summed E-state index contributed by atoms with van der Waals surface area (Å²) in [5.74, 6) is 1.17. The van der Waals surface area contributed by atoms with E-state index < -0.39 is 11.6 Å². The maximum atomic E-state index is 13.0. The molecule has 0 bridgehead atoms. The van der Waals surface area contributed by atoms with E-state index in [2.05, 4.69) is 17.2 Å². The van der Waals surface area contributed by atoms with Crippen LogP contribution in [-0.4, -0.2) is 31.2 Å². The number of aryl methyl sites for hydroxylation is 1. The van der Waals surface area contributed by atoms with E-state index in [1.165, 1.54) is 0 Å². The average Bonchev–Trinajstić information content (AvgIpc) is 2.86. The van der Waals surface area contributed by atoms with Crippen molar-refractivity contribution in [3.63, 3.8) is 0 Å². The summed E-state index contributed by atoms with van der Waals surface area (Å²) in [6.45, 7) is 14.2. The number of ether oxygens (including phenoxy) is 2. The van der Waals surface area contributed by atoms with E-state index in [1.54, 1.807) is 30.0 Å². The number of nitrogens with zero attached hydrogens (tertiary/aromatic N) is 1. The second kappa shape index (κ2) is 11.0. The van der Waals surface area contributed by atoms with Crippen molar-refractivity contribution in [2.24, 2.45) is 0 Å². The Morgan fingerprint density at radius 3 is 2.61 bits per heavy atom. The highest BCUT2D eigenvalue weighted by molar-refractivity contribution is 6.01. The van der Waals surface area contributed by atoms with Crippen LogP contribution in [0.3, 0.4) is 0 Å². The first kappa shape index (κ1) is 26.8. The number of carbonyl (C=O) groups excluding carboxylic acids is 2. The number of rotatable bonds is 8. The maximum Gasteiger partial charge on any atom is 0.319 e. The molecule has 1 unspecified atom stereocenters. The zero-order valence-corrected chi connectivity index (χ0v) is 22.6. The predicted octanol–water partition coefficient (Wildman–Crippen LogP) is 6.28. The Hall–Kier alpha value is -4.26. The van der Waals surface area contributed by atoms with Crippen molar-refractivity contribution in [2.45, 2.75) is 46.3 Å². The molecule has 3 aromatic carbocycles. The number of anilines is 2. The van der Waals surface area contributed by atoms with E-state index in [0.29, 0.717) is 30.3 Å². The lowest BCUT2D eigenvalue weighted by Gasteiger charge is -2.33. The van der Waals surface area contributed by atoms with E-state index in [0.717, 1.165) is 28.0 Å². The Kier molecular flexibility index (Phi) is 7.76. The number of hydrogen-bond donors (Lipinski definition) is 2. The largest absolute Gasteiger partial charge is 0.492 e. The van der Waals surface area contributed by atoms with Crippen LogP contribution in [0.15, 0.2) is 73.3 Å². The quantitative estimate of drug-likeness (QED) is 0.372. The molecule has 1 aliphatic heterocycles. The van der Waals surface area contributed by atoms with Crippen LogP contribution in [-0.2, 0) is 10.3 Å². The number of nitrogens with one attached hydrogen (secondary N) is 2. The minimum atomic E-state index is -0.628. The summed E-state index contributed by atoms with van der Waals surface area (Å²) < 4.78 is 11.7. The maximum absolute atomic E-state index is 13.0. The van der Waals surface area contributed by atoms with Gasteiger partial charge in [0.05, 0.1) is 17.8 Å². The molecule has 3 aromatic rings. The van der Waals surface area contributed by atoms with E-state index in [1.807, 2.05) is 76.2 Å². The lowest BCUT2D eigenvalue weighted by molar-refractivity contribution is -0.125. The molecular formula is C31H35N3O4. The van der Waals surface area contributed by atoms with Gasteiger partial charge >= 0.3 is 6.03 Å². The average molecular weight is 514 g/mol. The Balaban J connectivity index is 1.47. The van der Waals surface area contributed by atoms with Crippen LogP contribution < -0.4 is 25.0 Å². The molecule has 3 amide bonds. The summed E-state index contributed by atoms with van der Waals surface area (Å²) >= 11 is 0. The Bertz CT molecular complexity index is 1360. The summed E-state index contributed by atoms with van der Waals surface area (Å²) in [7, 11) is 0. The van der Waals surface area contributed by atoms with Crippen LogP contribution in [0.4, 0.5) is 16.2 Å². The summed E-state index contributed by atoms with van der Waals surface area (Å²) in [5.41, 5.74) is 4.56. The van der Waals surface area contributed by atoms with Gasteiger partial charge in [0.15, 0.2) is 6.10 Å². The van der Waals surface area contributed by atoms with Gasteiger partial charge in [-0.15, -0.1) is 0 Å². The summed E-state index contributed by atoms with van der Waals surface area (Å²) in [6.07, 6.45) is -0.612. The first-order valence-electron chi connectivity index (χ1n) is 12.7. The normalized spacial score (nSPS) is 14.8. The van der Waals surface area contributed by atoms with Gasteiger partial charge in [0.25, 0.3) is 5.91 Å². The van der Waals surface area contributed by atoms with Gasteiger partial charge in [-0.2, -0.15) is 0 Å². The van der Waals surface area contributed by atoms with Crippen LogP contribution in [0.5, 0.6) is 11.5 Å². The fourth-order valence-electron chi connectivity index (χ4n) is 4.37. The number of urea groups is 1. The Morgan fingerprint density at radius 2 is 1.87 bits per heavy atom. The fraction of sp³-hybridized carbons (Fsp3) is 0.290. The van der Waals surface area contributed by atoms with Crippen LogP contribution in [0.25, 0.3) is 5.57 Å². The van der Waals surface area contributed by atoms with Crippen molar-refractivity contribution in [2.75, 3.05) is 23.4 Å². The van der Waals surface area contributed by atoms with Crippen molar-refractivity contribution in [3.8, 4) is 11.5 Å². The second-order valence-corrected chi connectivity index (χ2v) is 10.2. The molecule has 38 heavy (non-hydrogen) atoms. The molecule has 198 valence electrons. The lowest BCUT2D eigenvalue weighted by Crippen LogP contribution is -2.46. The monoisotopic (exact) mass is 513 g/mol. The molecule has 2 N–H and O–H groups in total. The molecule has 0 radical (unpaired) electrons. The molecule has 0 saturated carbocycles. The fourth-order valence-corrected chi connectivity index (χ4v) is 4.37. The highest BCUT2D eigenvalue weighted by atomic mass is 16.5. The molecule has 7 heteroatoms. The summed E-state index contributed by atoms with van der Waals surface area (Å²) in [5, 5.41) is 5.94. The van der Waals surface area contributed by atoms with E-state index in [-0.39, 0.29) is 11.9 Å². The SMILES string of the molecule is C=C(C)c1cccc(C(C)(C)NC(=O)Nc2ccc3c(c2)N(CCOc2cccc(C)c2)C(=O)C(C)O3)c1. The van der Waals surface area contributed by atoms with Gasteiger partial charge in [0, 0.05) is 5.69 Å². The first-order chi connectivity index (χ1) is 18.0. The molecular weight excluding hydrogens is 478 g/mol. The van der Waals surface area contributed by atoms with E-state index >= 15 is 0 Å². The Labute approximate surface area is 224 Å². The van der Waals surface area contributed by atoms with Gasteiger partial charge in [-0.1, -0.05) is 42.5 Å². The molecule has 4 rings (SSSR count). The van der Waals surface area contributed by atoms with Crippen molar-refractivity contribution in [3.05, 3.63) is 90.0 Å². The third-order valence-electron chi connectivity index (χ3n) is 6.50. The molecule has 0 aromatic heterocycles. The van der Waals surface area contributed by atoms with E-state index in [4.69, 9.17) is 9.47 Å². The van der Waals surface area contributed by atoms with Gasteiger partial charge in [0.1, 0.15) is 18.1 Å². The topological polar surface area (TPSA) is 79.9 Å². The van der Waals surface area contributed by atoms with Crippen LogP contribution in [0.1, 0.15) is 44.4 Å². The van der Waals surface area contributed by atoms with Crippen molar-refractivity contribution in [1.82, 2.24) is 5.32 Å². The number of carbonyl (C=O) groups is 2. The van der Waals surface area contributed by atoms with Gasteiger partial charge < -0.3 is 25.0 Å². The molecule has 7 nitrogen and oxygen atoms in total. The zero-order valence-electron chi connectivity index (χ0n) is 22.6. The number of allylic oxidation sites excluding steroid dienone is 1. The number of fused-ring (bicyclic) bond motifs is 1. The first-order valence-corrected chi connectivity index (χ1v) is 12.7. The predicted molar refractivity (Wildman–Crippen MR) is 152 cm³/mol. The standard InChI is InChI=1S/C31H35N3O4/c1-20(2)23-10-8-11-24(18-23)31(5,6)33-30(36)32-25-13-14-28-27(19-25)34(29(35)22(4)38-28)15-16-37-26-12-7-9-21(3)17-26/h7-14,17-19,22H,1,15-16H2,2-6H3,(H2,32,33,36). The van der Waals surface area contributed by atoms with Gasteiger partial charge in [-0.05, 0) is 87.7 Å². The van der Waals surface area contributed by atoms with Crippen LogP contribution >= 0.6 is 0 Å². The molecule has 1 aliphatic rings. The highest BCUT2D eigenvalue weighted by Crippen LogP contribution is 2.36. The van der Waals surface area contributed by atoms with Gasteiger partial charge in [-0.3, -0.25) is 4.79 Å². The minimum Gasteiger partial charge on any atom is -0.492 e.